The standard InChI is InChI=1S/C24H26F2N4O4S/c1-16(2)35(32,33)29-9-7-28(8-10-29)22-15-27-30(20-5-4-6-21(14-20)34-3)24(31)23(22)17-11-18(25)13-19(26)12-17/h4-6,11-16H,7-10H2,1-3H3/p+2. The summed E-state index contributed by atoms with van der Waals surface area (Å²) in [5.74, 6) is -1.09. The second-order valence-corrected chi connectivity index (χ2v) is 11.3. The van der Waals surface area contributed by atoms with Gasteiger partial charge < -0.3 is 9.64 Å². The fourth-order valence-corrected chi connectivity index (χ4v) is 5.64. The van der Waals surface area contributed by atoms with Gasteiger partial charge in [-0.3, -0.25) is 4.79 Å². The van der Waals surface area contributed by atoms with Gasteiger partial charge in [0.15, 0.2) is 5.25 Å². The van der Waals surface area contributed by atoms with Crippen molar-refractivity contribution in [2.24, 2.45) is 0 Å². The van der Waals surface area contributed by atoms with Crippen LogP contribution in [-0.4, -0.2) is 56.7 Å². The first-order valence-corrected chi connectivity index (χ1v) is 12.8. The van der Waals surface area contributed by atoms with E-state index in [4.69, 9.17) is 4.74 Å². The molecular weight excluding hydrogens is 478 g/mol. The Hall–Kier alpha value is -3.31. The monoisotopic (exact) mass is 506 g/mol. The molecule has 1 aromatic heterocycles. The lowest BCUT2D eigenvalue weighted by Gasteiger charge is -2.32. The number of rotatable bonds is 6. The van der Waals surface area contributed by atoms with Crippen LogP contribution in [0.25, 0.3) is 16.8 Å². The number of piperazine rings is 1. The predicted octanol–water partition coefficient (Wildman–Crippen LogP) is 1.79. The van der Waals surface area contributed by atoms with Crippen LogP contribution < -0.4 is 19.5 Å². The average Bonchev–Trinajstić information content (AvgIpc) is 2.83. The minimum atomic E-state index is -3.09. The normalized spacial score (nSPS) is 16.3. The molecular formula is C24H28F2N4O4S+2. The molecule has 2 N–H and O–H groups in total. The number of aromatic nitrogens is 2. The van der Waals surface area contributed by atoms with Crippen LogP contribution >= 0.6 is 0 Å². The quantitative estimate of drug-likeness (QED) is 0.515. The molecule has 1 fully saturated rings. The molecule has 8 nitrogen and oxygen atoms in total. The average molecular weight is 507 g/mol. The van der Waals surface area contributed by atoms with Gasteiger partial charge in [0, 0.05) is 12.1 Å². The topological polar surface area (TPSA) is 90.3 Å². The van der Waals surface area contributed by atoms with Gasteiger partial charge in [-0.25, -0.2) is 8.78 Å². The molecule has 2 heterocycles. The van der Waals surface area contributed by atoms with Crippen molar-refractivity contribution in [2.75, 3.05) is 38.2 Å². The number of nitrogens with zero attached hydrogens (tertiary/aromatic N) is 3. The van der Waals surface area contributed by atoms with Crippen molar-refractivity contribution >= 4 is 15.7 Å². The summed E-state index contributed by atoms with van der Waals surface area (Å²) in [6.07, 6.45) is 1.49. The zero-order valence-corrected chi connectivity index (χ0v) is 20.5. The molecule has 11 heteroatoms. The molecule has 0 spiro atoms. The maximum atomic E-state index is 14.1. The second kappa shape index (κ2) is 9.74. The highest BCUT2D eigenvalue weighted by Crippen LogP contribution is 2.29. The number of anilines is 1. The van der Waals surface area contributed by atoms with Crippen molar-refractivity contribution in [1.29, 1.82) is 0 Å². The van der Waals surface area contributed by atoms with Crippen LogP contribution in [0.4, 0.5) is 14.5 Å². The molecule has 2 aromatic carbocycles. The summed E-state index contributed by atoms with van der Waals surface area (Å²) in [5.41, 5.74) is 0.476. The van der Waals surface area contributed by atoms with Crippen LogP contribution in [0.15, 0.2) is 53.5 Å². The van der Waals surface area contributed by atoms with Gasteiger partial charge in [-0.05, 0) is 43.7 Å². The lowest BCUT2D eigenvalue weighted by Crippen LogP contribution is -3.17. The Morgan fingerprint density at radius 2 is 1.77 bits per heavy atom. The van der Waals surface area contributed by atoms with Gasteiger partial charge in [0.25, 0.3) is 5.56 Å². The molecule has 0 bridgehead atoms. The predicted molar refractivity (Wildman–Crippen MR) is 130 cm³/mol. The molecule has 0 aliphatic carbocycles. The summed E-state index contributed by atoms with van der Waals surface area (Å²) in [6, 6.07) is 9.72. The molecule has 186 valence electrons. The molecule has 1 atom stereocenters. The molecule has 0 saturated carbocycles. The van der Waals surface area contributed by atoms with Gasteiger partial charge in [-0.2, -0.15) is 18.3 Å². The Morgan fingerprint density at radius 3 is 2.37 bits per heavy atom. The van der Waals surface area contributed by atoms with Crippen LogP contribution in [0, 0.1) is 11.6 Å². The van der Waals surface area contributed by atoms with E-state index in [-0.39, 0.29) is 11.1 Å². The Kier molecular flexibility index (Phi) is 6.91. The Balaban J connectivity index is 1.81. The largest absolute Gasteiger partial charge is 0.497 e. The fourth-order valence-electron chi connectivity index (χ4n) is 4.20. The van der Waals surface area contributed by atoms with E-state index < -0.39 is 32.5 Å². The number of hydrogen-bond acceptors (Lipinski definition) is 5. The number of hydrogen-bond donors (Lipinski definition) is 1. The van der Waals surface area contributed by atoms with Crippen LogP contribution in [0.5, 0.6) is 5.75 Å². The van der Waals surface area contributed by atoms with Gasteiger partial charge in [0.1, 0.15) is 30.5 Å². The van der Waals surface area contributed by atoms with Gasteiger partial charge >= 0.3 is 10.0 Å². The highest BCUT2D eigenvalue weighted by atomic mass is 32.2. The Morgan fingerprint density at radius 1 is 1.11 bits per heavy atom. The number of methoxy groups -OCH3 is 1. The van der Waals surface area contributed by atoms with Gasteiger partial charge in [-0.15, -0.1) is 4.21 Å². The maximum absolute atomic E-state index is 14.1. The molecule has 1 aliphatic rings. The first kappa shape index (κ1) is 24.8. The van der Waals surface area contributed by atoms with E-state index in [2.05, 4.69) is 5.10 Å². The molecule has 35 heavy (non-hydrogen) atoms. The third-order valence-electron chi connectivity index (χ3n) is 6.12. The highest BCUT2D eigenvalue weighted by molar-refractivity contribution is 7.85. The third-order valence-corrected chi connectivity index (χ3v) is 8.63. The van der Waals surface area contributed by atoms with Gasteiger partial charge in [0.2, 0.25) is 0 Å². The van der Waals surface area contributed by atoms with E-state index in [9.17, 15) is 22.0 Å². The van der Waals surface area contributed by atoms with Crippen molar-refractivity contribution in [3.05, 3.63) is 70.6 Å². The van der Waals surface area contributed by atoms with Crippen molar-refractivity contribution in [3.8, 4) is 22.6 Å². The minimum Gasteiger partial charge on any atom is -0.497 e. The van der Waals surface area contributed by atoms with Crippen LogP contribution in [0.3, 0.4) is 0 Å². The second-order valence-electron chi connectivity index (χ2n) is 8.62. The lowest BCUT2D eigenvalue weighted by atomic mass is 10.0. The molecule has 4 rings (SSSR count). The maximum Gasteiger partial charge on any atom is 0.429 e. The number of quaternary nitrogens is 1. The van der Waals surface area contributed by atoms with Crippen LogP contribution in [0.1, 0.15) is 13.8 Å². The number of halogens is 2. The van der Waals surface area contributed by atoms with E-state index in [1.807, 2.05) is 4.90 Å². The third kappa shape index (κ3) is 4.92. The Labute approximate surface area is 202 Å². The van der Waals surface area contributed by atoms with Crippen molar-refractivity contribution in [3.63, 3.8) is 0 Å². The lowest BCUT2D eigenvalue weighted by molar-refractivity contribution is -0.768. The van der Waals surface area contributed by atoms with Gasteiger partial charge in [0.05, 0.1) is 43.3 Å². The molecule has 0 amide bonds. The first-order chi connectivity index (χ1) is 16.6. The van der Waals surface area contributed by atoms with Crippen molar-refractivity contribution in [2.45, 2.75) is 19.1 Å². The smallest absolute Gasteiger partial charge is 0.429 e. The molecule has 1 saturated heterocycles. The summed E-state index contributed by atoms with van der Waals surface area (Å²) >= 11 is 0. The molecule has 1 aliphatic heterocycles. The summed E-state index contributed by atoms with van der Waals surface area (Å²) in [7, 11) is -1.58. The van der Waals surface area contributed by atoms with Crippen LogP contribution in [0.2, 0.25) is 0 Å². The first-order valence-electron chi connectivity index (χ1n) is 11.2. The molecule has 0 radical (unpaired) electrons. The SMILES string of the molecule is COc1cccc(-n2ncc(N3CC[NH+](S(=O)(=[OH+])C(C)C)CC3)c(-c3cc(F)cc(F)c3)c2=O)c1. The van der Waals surface area contributed by atoms with Gasteiger partial charge in [-0.1, -0.05) is 6.07 Å². The zero-order valence-electron chi connectivity index (χ0n) is 19.7. The van der Waals surface area contributed by atoms with E-state index in [0.29, 0.717) is 47.6 Å². The number of ether oxygens (including phenoxy) is 1. The summed E-state index contributed by atoms with van der Waals surface area (Å²) in [5, 5.41) is 3.93. The number of benzene rings is 2. The Bertz CT molecular complexity index is 1380. The molecule has 3 aromatic rings. The van der Waals surface area contributed by atoms with Crippen molar-refractivity contribution in [1.82, 2.24) is 9.78 Å². The summed E-state index contributed by atoms with van der Waals surface area (Å²) in [6.45, 7) is 4.89. The number of nitrogens with one attached hydrogen (secondary N) is 1. The van der Waals surface area contributed by atoms with E-state index in [1.54, 1.807) is 38.1 Å². The fraction of sp³-hybridized carbons (Fsp3) is 0.333. The zero-order chi connectivity index (χ0) is 25.3. The minimum absolute atomic E-state index is 0.0875. The highest BCUT2D eigenvalue weighted by Gasteiger charge is 2.38. The summed E-state index contributed by atoms with van der Waals surface area (Å²) < 4.78 is 58.4. The van der Waals surface area contributed by atoms with E-state index in [0.717, 1.165) is 22.9 Å². The summed E-state index contributed by atoms with van der Waals surface area (Å²) in [4.78, 5) is 15.5. The van der Waals surface area contributed by atoms with E-state index >= 15 is 0 Å². The van der Waals surface area contributed by atoms with E-state index in [1.165, 1.54) is 13.3 Å². The molecule has 1 unspecified atom stereocenters. The van der Waals surface area contributed by atoms with Crippen molar-refractivity contribution < 1.29 is 26.2 Å². The van der Waals surface area contributed by atoms with Crippen LogP contribution in [-0.2, 0) is 10.0 Å².